The van der Waals surface area contributed by atoms with E-state index in [0.717, 1.165) is 55.2 Å². The number of aryl methyl sites for hydroxylation is 2. The van der Waals surface area contributed by atoms with Crippen molar-refractivity contribution in [3.63, 3.8) is 0 Å². The molecule has 0 saturated heterocycles. The van der Waals surface area contributed by atoms with Crippen LogP contribution in [0.5, 0.6) is 0 Å². The van der Waals surface area contributed by atoms with Gasteiger partial charge in [0.15, 0.2) is 0 Å². The molecule has 1 aromatic carbocycles. The number of rotatable bonds is 11. The number of aromatic nitrogens is 2. The van der Waals surface area contributed by atoms with Gasteiger partial charge in [-0.2, -0.15) is 0 Å². The van der Waals surface area contributed by atoms with Crippen LogP contribution in [0.2, 0.25) is 0 Å². The van der Waals surface area contributed by atoms with Crippen LogP contribution in [-0.4, -0.2) is 29.0 Å². The van der Waals surface area contributed by atoms with E-state index in [-0.39, 0.29) is 6.42 Å². The Morgan fingerprint density at radius 2 is 1.86 bits per heavy atom. The Morgan fingerprint density at radius 1 is 1.14 bits per heavy atom. The zero-order chi connectivity index (χ0) is 21.4. The van der Waals surface area contributed by atoms with Gasteiger partial charge in [0.1, 0.15) is 12.0 Å². The highest BCUT2D eigenvalue weighted by molar-refractivity contribution is 7.94. The molecule has 0 spiro atoms. The second kappa shape index (κ2) is 11.2. The van der Waals surface area contributed by atoms with E-state index in [2.05, 4.69) is 36.8 Å². The second-order valence-corrected chi connectivity index (χ2v) is 7.82. The van der Waals surface area contributed by atoms with E-state index in [9.17, 15) is 9.59 Å². The summed E-state index contributed by atoms with van der Waals surface area (Å²) in [7, 11) is 1.33. The maximum Gasteiger partial charge on any atom is 0.322 e. The van der Waals surface area contributed by atoms with Crippen molar-refractivity contribution in [2.24, 2.45) is 5.92 Å². The molecular weight excluding hydrogens is 388 g/mol. The highest BCUT2D eigenvalue weighted by atomic mass is 32.2. The van der Waals surface area contributed by atoms with E-state index in [0.29, 0.717) is 11.6 Å². The van der Waals surface area contributed by atoms with E-state index in [1.807, 2.05) is 6.92 Å². The van der Waals surface area contributed by atoms with Crippen LogP contribution < -0.4 is 0 Å². The fourth-order valence-electron chi connectivity index (χ4n) is 3.66. The van der Waals surface area contributed by atoms with Crippen LogP contribution >= 0.6 is 12.0 Å². The Bertz CT molecular complexity index is 847. The SMILES string of the molecule is CCCCC(CC(=O)OC)C(=O)OSc1nc2c(CC)c(CC)c(CC)cc2[nH]1. The maximum absolute atomic E-state index is 12.5. The molecule has 0 radical (unpaired) electrons. The van der Waals surface area contributed by atoms with Gasteiger partial charge in [0.05, 0.1) is 30.5 Å². The third-order valence-corrected chi connectivity index (χ3v) is 5.84. The zero-order valence-electron chi connectivity index (χ0n) is 18.1. The topological polar surface area (TPSA) is 81.3 Å². The van der Waals surface area contributed by atoms with E-state index in [1.165, 1.54) is 23.8 Å². The number of H-pyrrole nitrogens is 1. The van der Waals surface area contributed by atoms with Crippen LogP contribution in [-0.2, 0) is 37.8 Å². The van der Waals surface area contributed by atoms with Gasteiger partial charge in [-0.1, -0.05) is 40.5 Å². The normalized spacial score (nSPS) is 12.2. The molecule has 0 amide bonds. The number of nitrogens with one attached hydrogen (secondary N) is 1. The van der Waals surface area contributed by atoms with Crippen LogP contribution in [0.15, 0.2) is 11.2 Å². The van der Waals surface area contributed by atoms with Crippen LogP contribution in [0, 0.1) is 5.92 Å². The first-order valence-corrected chi connectivity index (χ1v) is 11.2. The van der Waals surface area contributed by atoms with Crippen LogP contribution in [0.3, 0.4) is 0 Å². The van der Waals surface area contributed by atoms with Gasteiger partial charge in [0, 0.05) is 0 Å². The molecule has 0 aliphatic heterocycles. The molecular formula is C22H32N2O4S. The van der Waals surface area contributed by atoms with Gasteiger partial charge in [-0.3, -0.25) is 9.59 Å². The van der Waals surface area contributed by atoms with E-state index in [1.54, 1.807) is 0 Å². The Balaban J connectivity index is 2.18. The minimum Gasteiger partial charge on any atom is -0.469 e. The summed E-state index contributed by atoms with van der Waals surface area (Å²) >= 11 is 0.929. The third-order valence-electron chi connectivity index (χ3n) is 5.24. The average molecular weight is 421 g/mol. The molecule has 1 heterocycles. The fraction of sp³-hybridized carbons (Fsp3) is 0.591. The monoisotopic (exact) mass is 420 g/mol. The Morgan fingerprint density at radius 3 is 2.45 bits per heavy atom. The van der Waals surface area contributed by atoms with Crippen LogP contribution in [0.4, 0.5) is 0 Å². The number of unbranched alkanes of at least 4 members (excludes halogenated alkanes) is 1. The molecule has 0 aliphatic rings. The van der Waals surface area contributed by atoms with Crippen LogP contribution in [0.1, 0.15) is 70.1 Å². The van der Waals surface area contributed by atoms with E-state index >= 15 is 0 Å². The van der Waals surface area contributed by atoms with Gasteiger partial charge >= 0.3 is 11.9 Å². The minimum absolute atomic E-state index is 0.0374. The molecule has 1 aromatic heterocycles. The number of benzene rings is 1. The molecule has 1 unspecified atom stereocenters. The molecule has 0 fully saturated rings. The van der Waals surface area contributed by atoms with Crippen molar-refractivity contribution in [1.82, 2.24) is 9.97 Å². The van der Waals surface area contributed by atoms with Crippen molar-refractivity contribution in [3.8, 4) is 0 Å². The summed E-state index contributed by atoms with van der Waals surface area (Å²) in [4.78, 5) is 32.1. The lowest BCUT2D eigenvalue weighted by Gasteiger charge is -2.12. The van der Waals surface area contributed by atoms with Gasteiger partial charge in [0.25, 0.3) is 0 Å². The summed E-state index contributed by atoms with van der Waals surface area (Å²) in [6.07, 6.45) is 5.28. The molecule has 0 aliphatic carbocycles. The first kappa shape index (κ1) is 23.3. The molecule has 7 heteroatoms. The Kier molecular flexibility index (Phi) is 9.01. The molecule has 160 valence electrons. The quantitative estimate of drug-likeness (QED) is 0.399. The number of carbonyl (C=O) groups is 2. The molecule has 0 bridgehead atoms. The lowest BCUT2D eigenvalue weighted by Crippen LogP contribution is -2.20. The predicted octanol–water partition coefficient (Wildman–Crippen LogP) is 5.17. The van der Waals surface area contributed by atoms with Crippen molar-refractivity contribution in [3.05, 3.63) is 22.8 Å². The Labute approximate surface area is 177 Å². The molecule has 2 aromatic rings. The number of aromatic amines is 1. The van der Waals surface area contributed by atoms with E-state index < -0.39 is 17.9 Å². The molecule has 1 atom stereocenters. The number of fused-ring (bicyclic) bond motifs is 1. The lowest BCUT2D eigenvalue weighted by atomic mass is 9.94. The fourth-order valence-corrected chi connectivity index (χ4v) is 4.24. The zero-order valence-corrected chi connectivity index (χ0v) is 18.9. The van der Waals surface area contributed by atoms with Crippen molar-refractivity contribution in [2.75, 3.05) is 7.11 Å². The first-order chi connectivity index (χ1) is 14.0. The van der Waals surface area contributed by atoms with Crippen molar-refractivity contribution in [1.29, 1.82) is 0 Å². The summed E-state index contributed by atoms with van der Waals surface area (Å²) in [5.74, 6) is -1.30. The van der Waals surface area contributed by atoms with Crippen molar-refractivity contribution < 1.29 is 18.5 Å². The van der Waals surface area contributed by atoms with Crippen molar-refractivity contribution in [2.45, 2.75) is 77.8 Å². The maximum atomic E-state index is 12.5. The highest BCUT2D eigenvalue weighted by Crippen LogP contribution is 2.30. The van der Waals surface area contributed by atoms with Gasteiger partial charge in [0.2, 0.25) is 5.16 Å². The average Bonchev–Trinajstić information content (AvgIpc) is 3.15. The Hall–Kier alpha value is -2.02. The second-order valence-electron chi connectivity index (χ2n) is 7.10. The van der Waals surface area contributed by atoms with Gasteiger partial charge < -0.3 is 13.9 Å². The molecule has 0 saturated carbocycles. The summed E-state index contributed by atoms with van der Waals surface area (Å²) in [5, 5.41) is 0.547. The highest BCUT2D eigenvalue weighted by Gasteiger charge is 2.25. The third kappa shape index (κ3) is 5.75. The molecule has 6 nitrogen and oxygen atoms in total. The predicted molar refractivity (Wildman–Crippen MR) is 116 cm³/mol. The number of nitrogens with zero attached hydrogens (tertiary/aromatic N) is 1. The van der Waals surface area contributed by atoms with Gasteiger partial charge in [-0.05, 0) is 48.4 Å². The smallest absolute Gasteiger partial charge is 0.322 e. The number of methoxy groups -OCH3 is 1. The number of hydrogen-bond donors (Lipinski definition) is 1. The lowest BCUT2D eigenvalue weighted by molar-refractivity contribution is -0.148. The standard InChI is InChI=1S/C22H32N2O4S/c1-6-10-11-15(13-19(25)27-5)21(26)28-29-22-23-18-12-14(7-2)16(8-3)17(9-4)20(18)24-22/h12,15H,6-11,13H2,1-5H3,(H,23,24). The molecule has 2 rings (SSSR count). The summed E-state index contributed by atoms with van der Waals surface area (Å²) in [6.45, 7) is 8.51. The number of carbonyl (C=O) groups excluding carboxylic acids is 2. The first-order valence-electron chi connectivity index (χ1n) is 10.5. The minimum atomic E-state index is -0.496. The van der Waals surface area contributed by atoms with Gasteiger partial charge in [-0.25, -0.2) is 4.98 Å². The van der Waals surface area contributed by atoms with Gasteiger partial charge in [-0.15, -0.1) is 0 Å². The van der Waals surface area contributed by atoms with Crippen molar-refractivity contribution >= 4 is 35.0 Å². The molecule has 1 N–H and O–H groups in total. The largest absolute Gasteiger partial charge is 0.469 e. The number of ether oxygens (including phenoxy) is 1. The summed E-state index contributed by atoms with van der Waals surface area (Å²) < 4.78 is 10.1. The van der Waals surface area contributed by atoms with E-state index in [4.69, 9.17) is 8.92 Å². The number of imidazole rings is 1. The summed E-state index contributed by atoms with van der Waals surface area (Å²) in [6, 6.07) is 2.15. The van der Waals surface area contributed by atoms with Crippen LogP contribution in [0.25, 0.3) is 11.0 Å². The number of esters is 1. The molecule has 29 heavy (non-hydrogen) atoms. The number of hydrogen-bond acceptors (Lipinski definition) is 6. The summed E-state index contributed by atoms with van der Waals surface area (Å²) in [5.41, 5.74) is 5.85.